The van der Waals surface area contributed by atoms with Crippen LogP contribution in [0.5, 0.6) is 0 Å². The van der Waals surface area contributed by atoms with E-state index >= 15 is 0 Å². The summed E-state index contributed by atoms with van der Waals surface area (Å²) in [4.78, 5) is 25.9. The molecule has 4 rings (SSSR count). The van der Waals surface area contributed by atoms with E-state index in [1.165, 1.54) is 5.56 Å². The summed E-state index contributed by atoms with van der Waals surface area (Å²) in [5.74, 6) is 0.199. The Morgan fingerprint density at radius 3 is 2.83 bits per heavy atom. The number of aryl methyl sites for hydroxylation is 1. The van der Waals surface area contributed by atoms with Gasteiger partial charge in [-0.15, -0.1) is 0 Å². The highest BCUT2D eigenvalue weighted by Crippen LogP contribution is 2.29. The third-order valence-corrected chi connectivity index (χ3v) is 4.61. The van der Waals surface area contributed by atoms with Gasteiger partial charge in [0.1, 0.15) is 0 Å². The maximum absolute atomic E-state index is 12.7. The first-order valence-electron chi connectivity index (χ1n) is 8.00. The van der Waals surface area contributed by atoms with Crippen molar-refractivity contribution in [3.05, 3.63) is 59.2 Å². The molecule has 0 bridgehead atoms. The molecule has 0 radical (unpaired) electrons. The van der Waals surface area contributed by atoms with E-state index in [0.717, 1.165) is 41.9 Å². The lowest BCUT2D eigenvalue weighted by atomic mass is 9.99. The number of nitrogens with zero attached hydrogens (tertiary/aromatic N) is 1. The summed E-state index contributed by atoms with van der Waals surface area (Å²) in [5.41, 5.74) is 5.30. The van der Waals surface area contributed by atoms with Gasteiger partial charge in [-0.1, -0.05) is 30.3 Å². The quantitative estimate of drug-likeness (QED) is 0.927. The number of carbonyl (C=O) groups excluding carboxylic acids is 2. The van der Waals surface area contributed by atoms with E-state index in [1.807, 2.05) is 35.2 Å². The summed E-state index contributed by atoms with van der Waals surface area (Å²) >= 11 is 0. The monoisotopic (exact) mass is 306 g/mol. The van der Waals surface area contributed by atoms with E-state index in [1.54, 1.807) is 0 Å². The van der Waals surface area contributed by atoms with Crippen LogP contribution in [0.4, 0.5) is 11.4 Å². The van der Waals surface area contributed by atoms with Crippen molar-refractivity contribution in [2.45, 2.75) is 25.7 Å². The number of anilines is 2. The molecule has 2 aliphatic rings. The first-order valence-corrected chi connectivity index (χ1v) is 8.00. The predicted molar refractivity (Wildman–Crippen MR) is 89.6 cm³/mol. The molecule has 116 valence electrons. The van der Waals surface area contributed by atoms with Gasteiger partial charge in [0.05, 0.1) is 6.42 Å². The Bertz CT molecular complexity index is 798. The highest BCUT2D eigenvalue weighted by atomic mass is 16.2. The number of benzene rings is 2. The number of hydrogen-bond donors (Lipinski definition) is 1. The van der Waals surface area contributed by atoms with Crippen molar-refractivity contribution >= 4 is 23.2 Å². The Kier molecular flexibility index (Phi) is 3.37. The fourth-order valence-corrected chi connectivity index (χ4v) is 3.41. The molecule has 0 saturated carbocycles. The molecule has 2 aromatic carbocycles. The summed E-state index contributed by atoms with van der Waals surface area (Å²) in [6.07, 6.45) is 2.59. The van der Waals surface area contributed by atoms with Crippen molar-refractivity contribution in [3.8, 4) is 0 Å². The van der Waals surface area contributed by atoms with E-state index in [-0.39, 0.29) is 11.8 Å². The topological polar surface area (TPSA) is 49.4 Å². The largest absolute Gasteiger partial charge is 0.326 e. The lowest BCUT2D eigenvalue weighted by Gasteiger charge is -2.19. The fourth-order valence-electron chi connectivity index (χ4n) is 3.41. The number of amides is 2. The van der Waals surface area contributed by atoms with Gasteiger partial charge in [-0.25, -0.2) is 0 Å². The molecule has 0 aliphatic carbocycles. The van der Waals surface area contributed by atoms with Gasteiger partial charge in [-0.3, -0.25) is 9.59 Å². The molecule has 0 saturated heterocycles. The fraction of sp³-hybridized carbons (Fsp3) is 0.263. The molecule has 2 amide bonds. The SMILES string of the molecule is O=C1CCc2cc(CC(=O)N3CCc4ccccc43)ccc2N1. The van der Waals surface area contributed by atoms with Gasteiger partial charge in [0.25, 0.3) is 0 Å². The molecule has 0 spiro atoms. The molecule has 2 aliphatic heterocycles. The van der Waals surface area contributed by atoms with Crippen LogP contribution in [0.15, 0.2) is 42.5 Å². The Labute approximate surface area is 135 Å². The zero-order valence-electron chi connectivity index (χ0n) is 12.8. The van der Waals surface area contributed by atoms with Crippen molar-refractivity contribution in [3.63, 3.8) is 0 Å². The minimum atomic E-state index is 0.0648. The minimum Gasteiger partial charge on any atom is -0.326 e. The maximum atomic E-state index is 12.7. The average Bonchev–Trinajstić information content (AvgIpc) is 2.99. The average molecular weight is 306 g/mol. The van der Waals surface area contributed by atoms with Gasteiger partial charge in [0.15, 0.2) is 0 Å². The van der Waals surface area contributed by atoms with Gasteiger partial charge >= 0.3 is 0 Å². The van der Waals surface area contributed by atoms with Crippen molar-refractivity contribution < 1.29 is 9.59 Å². The van der Waals surface area contributed by atoms with Gasteiger partial charge in [-0.05, 0) is 41.7 Å². The normalized spacial score (nSPS) is 15.8. The highest BCUT2D eigenvalue weighted by Gasteiger charge is 2.24. The van der Waals surface area contributed by atoms with Crippen LogP contribution in [0, 0.1) is 0 Å². The number of para-hydroxylation sites is 1. The van der Waals surface area contributed by atoms with E-state index in [4.69, 9.17) is 0 Å². The standard InChI is InChI=1S/C19H18N2O2/c22-18-8-6-15-11-13(5-7-16(15)20-18)12-19(23)21-10-9-14-3-1-2-4-17(14)21/h1-5,7,11H,6,8-10,12H2,(H,20,22). The first-order chi connectivity index (χ1) is 11.2. The molecule has 23 heavy (non-hydrogen) atoms. The molecule has 2 heterocycles. The van der Waals surface area contributed by atoms with Crippen molar-refractivity contribution in [1.29, 1.82) is 0 Å². The Morgan fingerprint density at radius 2 is 1.91 bits per heavy atom. The van der Waals surface area contributed by atoms with Crippen LogP contribution in [-0.2, 0) is 28.9 Å². The van der Waals surface area contributed by atoms with Crippen LogP contribution in [0.1, 0.15) is 23.1 Å². The van der Waals surface area contributed by atoms with E-state index < -0.39 is 0 Å². The third kappa shape index (κ3) is 2.61. The molecule has 4 nitrogen and oxygen atoms in total. The van der Waals surface area contributed by atoms with E-state index in [0.29, 0.717) is 12.8 Å². The molecule has 4 heteroatoms. The first kappa shape index (κ1) is 14.0. The highest BCUT2D eigenvalue weighted by molar-refractivity contribution is 5.97. The van der Waals surface area contributed by atoms with Crippen LogP contribution in [0.2, 0.25) is 0 Å². The predicted octanol–water partition coefficient (Wildman–Crippen LogP) is 2.70. The van der Waals surface area contributed by atoms with E-state index in [2.05, 4.69) is 17.4 Å². The second-order valence-electron chi connectivity index (χ2n) is 6.14. The number of rotatable bonds is 2. The van der Waals surface area contributed by atoms with Crippen LogP contribution in [0.3, 0.4) is 0 Å². The molecule has 0 fully saturated rings. The van der Waals surface area contributed by atoms with Gasteiger partial charge in [0, 0.05) is 24.3 Å². The van der Waals surface area contributed by atoms with Gasteiger partial charge in [0.2, 0.25) is 11.8 Å². The number of nitrogens with one attached hydrogen (secondary N) is 1. The van der Waals surface area contributed by atoms with E-state index in [9.17, 15) is 9.59 Å². The summed E-state index contributed by atoms with van der Waals surface area (Å²) < 4.78 is 0. The zero-order chi connectivity index (χ0) is 15.8. The molecular formula is C19H18N2O2. The van der Waals surface area contributed by atoms with Gasteiger partial charge < -0.3 is 10.2 Å². The van der Waals surface area contributed by atoms with Crippen LogP contribution >= 0.6 is 0 Å². The minimum absolute atomic E-state index is 0.0648. The molecule has 0 atom stereocenters. The Morgan fingerprint density at radius 1 is 1.04 bits per heavy atom. The molecular weight excluding hydrogens is 288 g/mol. The lowest BCUT2D eigenvalue weighted by Crippen LogP contribution is -2.30. The van der Waals surface area contributed by atoms with Crippen LogP contribution < -0.4 is 10.2 Å². The third-order valence-electron chi connectivity index (χ3n) is 4.61. The number of fused-ring (bicyclic) bond motifs is 2. The van der Waals surface area contributed by atoms with Gasteiger partial charge in [-0.2, -0.15) is 0 Å². The Balaban J connectivity index is 1.53. The van der Waals surface area contributed by atoms with Crippen LogP contribution in [-0.4, -0.2) is 18.4 Å². The second kappa shape index (κ2) is 5.54. The molecule has 0 unspecified atom stereocenters. The second-order valence-corrected chi connectivity index (χ2v) is 6.14. The maximum Gasteiger partial charge on any atom is 0.231 e. The smallest absolute Gasteiger partial charge is 0.231 e. The van der Waals surface area contributed by atoms with Crippen molar-refractivity contribution in [2.24, 2.45) is 0 Å². The number of hydrogen-bond acceptors (Lipinski definition) is 2. The van der Waals surface area contributed by atoms with Crippen molar-refractivity contribution in [2.75, 3.05) is 16.8 Å². The lowest BCUT2D eigenvalue weighted by molar-refractivity contribution is -0.118. The number of carbonyl (C=O) groups is 2. The summed E-state index contributed by atoms with van der Waals surface area (Å²) in [6, 6.07) is 14.0. The summed E-state index contributed by atoms with van der Waals surface area (Å²) in [5, 5.41) is 2.87. The Hall–Kier alpha value is -2.62. The van der Waals surface area contributed by atoms with Crippen LogP contribution in [0.25, 0.3) is 0 Å². The zero-order valence-corrected chi connectivity index (χ0v) is 12.8. The summed E-state index contributed by atoms with van der Waals surface area (Å²) in [6.45, 7) is 0.763. The molecule has 0 aromatic heterocycles. The molecule has 1 N–H and O–H groups in total. The van der Waals surface area contributed by atoms with Crippen molar-refractivity contribution in [1.82, 2.24) is 0 Å². The molecule has 2 aromatic rings. The summed E-state index contributed by atoms with van der Waals surface area (Å²) in [7, 11) is 0.